The van der Waals surface area contributed by atoms with Gasteiger partial charge < -0.3 is 10.0 Å². The molecule has 2 aromatic heterocycles. The number of hydrogen-bond donors (Lipinski definition) is 1. The first-order chi connectivity index (χ1) is 14.1. The number of halogens is 4. The van der Waals surface area contributed by atoms with E-state index in [0.717, 1.165) is 42.1 Å². The first-order valence-electron chi connectivity index (χ1n) is 9.24. The van der Waals surface area contributed by atoms with Crippen LogP contribution in [-0.4, -0.2) is 56.9 Å². The maximum Gasteiger partial charge on any atom is 0.490 e. The smallest absolute Gasteiger partial charge is 0.475 e. The summed E-state index contributed by atoms with van der Waals surface area (Å²) in [6, 6.07) is 10.5. The molecule has 1 fully saturated rings. The molecular weight excluding hydrogens is 404 g/mol. The van der Waals surface area contributed by atoms with E-state index in [4.69, 9.17) is 9.90 Å². The van der Waals surface area contributed by atoms with E-state index in [1.54, 1.807) is 6.07 Å². The molecular formula is C20H20F4N4O2. The number of piperidine rings is 1. The second-order valence-corrected chi connectivity index (χ2v) is 7.11. The molecule has 1 atom stereocenters. The number of pyridine rings is 1. The van der Waals surface area contributed by atoms with Gasteiger partial charge in [-0.1, -0.05) is 12.1 Å². The number of likely N-dealkylation sites (N-methyl/N-ethyl adjacent to an activating group) is 1. The number of benzene rings is 1. The number of carboxylic acid groups (broad SMARTS) is 1. The minimum absolute atomic E-state index is 0.230. The standard InChI is InChI=1S/C18H19FN4.C2HF3O2/c1-22-9-3-5-15(11-22)18-20-17-8-7-14(12-23(17)21-18)13-4-2-6-16(19)10-13;3-2(4,5)1(6)7/h2,4,6-8,10,12,15H,3,5,9,11H2,1H3;(H,6,7). The zero-order valence-electron chi connectivity index (χ0n) is 16.1. The number of carbonyl (C=O) groups is 1. The maximum absolute atomic E-state index is 13.4. The van der Waals surface area contributed by atoms with Crippen LogP contribution in [0.5, 0.6) is 0 Å². The summed E-state index contributed by atoms with van der Waals surface area (Å²) in [7, 11) is 2.14. The van der Waals surface area contributed by atoms with Gasteiger partial charge in [-0.2, -0.15) is 18.3 Å². The van der Waals surface area contributed by atoms with Crippen molar-refractivity contribution in [3.8, 4) is 11.1 Å². The summed E-state index contributed by atoms with van der Waals surface area (Å²) in [4.78, 5) is 15.9. The lowest BCUT2D eigenvalue weighted by atomic mass is 9.98. The van der Waals surface area contributed by atoms with Gasteiger partial charge in [0.05, 0.1) is 0 Å². The molecule has 4 rings (SSSR count). The fourth-order valence-corrected chi connectivity index (χ4v) is 3.29. The summed E-state index contributed by atoms with van der Waals surface area (Å²) in [5.41, 5.74) is 2.63. The predicted octanol–water partition coefficient (Wildman–Crippen LogP) is 3.98. The topological polar surface area (TPSA) is 70.7 Å². The third-order valence-electron chi connectivity index (χ3n) is 4.74. The molecule has 0 bridgehead atoms. The SMILES string of the molecule is CN1CCCC(c2nc3ccc(-c4cccc(F)c4)cn3n2)C1.O=C(O)C(F)(F)F. The third-order valence-corrected chi connectivity index (χ3v) is 4.74. The van der Waals surface area contributed by atoms with Crippen molar-refractivity contribution in [1.82, 2.24) is 19.5 Å². The number of fused-ring (bicyclic) bond motifs is 1. The Hall–Kier alpha value is -3.01. The molecule has 1 unspecified atom stereocenters. The molecule has 0 spiro atoms. The number of alkyl halides is 3. The largest absolute Gasteiger partial charge is 0.490 e. The van der Waals surface area contributed by atoms with Crippen LogP contribution in [0.4, 0.5) is 17.6 Å². The highest BCUT2D eigenvalue weighted by Gasteiger charge is 2.38. The molecule has 0 amide bonds. The van der Waals surface area contributed by atoms with Crippen LogP contribution >= 0.6 is 0 Å². The zero-order valence-corrected chi connectivity index (χ0v) is 16.1. The van der Waals surface area contributed by atoms with Gasteiger partial charge in [0.1, 0.15) is 5.82 Å². The molecule has 160 valence electrons. The van der Waals surface area contributed by atoms with Crippen molar-refractivity contribution in [2.45, 2.75) is 24.9 Å². The third kappa shape index (κ3) is 5.32. The molecule has 30 heavy (non-hydrogen) atoms. The maximum atomic E-state index is 13.4. The summed E-state index contributed by atoms with van der Waals surface area (Å²) in [6.45, 7) is 2.15. The van der Waals surface area contributed by atoms with Gasteiger partial charge in [-0.05, 0) is 56.3 Å². The monoisotopic (exact) mass is 424 g/mol. The molecule has 0 radical (unpaired) electrons. The highest BCUT2D eigenvalue weighted by atomic mass is 19.4. The summed E-state index contributed by atoms with van der Waals surface area (Å²) < 4.78 is 47.0. The Morgan fingerprint density at radius 1 is 1.20 bits per heavy atom. The van der Waals surface area contributed by atoms with Crippen molar-refractivity contribution < 1.29 is 27.5 Å². The van der Waals surface area contributed by atoms with Crippen LogP contribution in [-0.2, 0) is 4.79 Å². The summed E-state index contributed by atoms with van der Waals surface area (Å²) in [6.07, 6.45) is -0.837. The van der Waals surface area contributed by atoms with Crippen molar-refractivity contribution in [3.63, 3.8) is 0 Å². The molecule has 0 saturated carbocycles. The normalized spacial score (nSPS) is 17.4. The van der Waals surface area contributed by atoms with Crippen LogP contribution < -0.4 is 0 Å². The van der Waals surface area contributed by atoms with E-state index < -0.39 is 12.1 Å². The average Bonchev–Trinajstić information content (AvgIpc) is 3.11. The summed E-state index contributed by atoms with van der Waals surface area (Å²) >= 11 is 0. The Morgan fingerprint density at radius 3 is 2.57 bits per heavy atom. The highest BCUT2D eigenvalue weighted by molar-refractivity contribution is 5.73. The Kier molecular flexibility index (Phi) is 6.35. The lowest BCUT2D eigenvalue weighted by molar-refractivity contribution is -0.192. The molecule has 1 aliphatic heterocycles. The summed E-state index contributed by atoms with van der Waals surface area (Å²) in [5, 5.41) is 11.8. The number of aromatic nitrogens is 3. The Balaban J connectivity index is 0.000000318. The molecule has 3 heterocycles. The van der Waals surface area contributed by atoms with Gasteiger partial charge in [-0.15, -0.1) is 0 Å². The van der Waals surface area contributed by atoms with Gasteiger partial charge in [-0.3, -0.25) is 0 Å². The second-order valence-electron chi connectivity index (χ2n) is 7.11. The second kappa shape index (κ2) is 8.78. The Bertz CT molecular complexity index is 1040. The first-order valence-corrected chi connectivity index (χ1v) is 9.24. The molecule has 1 N–H and O–H groups in total. The number of rotatable bonds is 2. The van der Waals surface area contributed by atoms with Crippen molar-refractivity contribution in [2.24, 2.45) is 0 Å². The van der Waals surface area contributed by atoms with Crippen molar-refractivity contribution >= 4 is 11.6 Å². The highest BCUT2D eigenvalue weighted by Crippen LogP contribution is 2.25. The number of nitrogens with zero attached hydrogens (tertiary/aromatic N) is 4. The van der Waals surface area contributed by atoms with Crippen LogP contribution in [0.25, 0.3) is 16.8 Å². The van der Waals surface area contributed by atoms with E-state index in [1.165, 1.54) is 18.6 Å². The van der Waals surface area contributed by atoms with Gasteiger partial charge in [-0.25, -0.2) is 18.7 Å². The molecule has 0 aliphatic carbocycles. The van der Waals surface area contributed by atoms with Crippen LogP contribution in [0, 0.1) is 5.82 Å². The van der Waals surface area contributed by atoms with Crippen molar-refractivity contribution in [1.29, 1.82) is 0 Å². The van der Waals surface area contributed by atoms with Crippen LogP contribution in [0.3, 0.4) is 0 Å². The van der Waals surface area contributed by atoms with E-state index >= 15 is 0 Å². The molecule has 3 aromatic rings. The molecule has 6 nitrogen and oxygen atoms in total. The fraction of sp³-hybridized carbons (Fsp3) is 0.350. The van der Waals surface area contributed by atoms with Gasteiger partial charge >= 0.3 is 12.1 Å². The predicted molar refractivity (Wildman–Crippen MR) is 102 cm³/mol. The van der Waals surface area contributed by atoms with Gasteiger partial charge in [0, 0.05) is 24.2 Å². The van der Waals surface area contributed by atoms with E-state index in [-0.39, 0.29) is 5.82 Å². The van der Waals surface area contributed by atoms with Crippen LogP contribution in [0.1, 0.15) is 24.6 Å². The van der Waals surface area contributed by atoms with E-state index in [2.05, 4.69) is 22.0 Å². The van der Waals surface area contributed by atoms with E-state index in [9.17, 15) is 17.6 Å². The van der Waals surface area contributed by atoms with Gasteiger partial charge in [0.15, 0.2) is 11.5 Å². The molecule has 1 aromatic carbocycles. The number of hydrogen-bond acceptors (Lipinski definition) is 4. The first kappa shape index (κ1) is 21.7. The fourth-order valence-electron chi connectivity index (χ4n) is 3.29. The summed E-state index contributed by atoms with van der Waals surface area (Å²) in [5.74, 6) is -1.68. The molecule has 1 saturated heterocycles. The minimum atomic E-state index is -5.08. The van der Waals surface area contributed by atoms with Crippen LogP contribution in [0.15, 0.2) is 42.6 Å². The van der Waals surface area contributed by atoms with Crippen LogP contribution in [0.2, 0.25) is 0 Å². The average molecular weight is 424 g/mol. The molecule has 1 aliphatic rings. The lowest BCUT2D eigenvalue weighted by Crippen LogP contribution is -2.31. The van der Waals surface area contributed by atoms with E-state index in [1.807, 2.05) is 28.9 Å². The quantitative estimate of drug-likeness (QED) is 0.631. The Labute approximate surface area is 169 Å². The zero-order chi connectivity index (χ0) is 21.9. The minimum Gasteiger partial charge on any atom is -0.475 e. The van der Waals surface area contributed by atoms with Gasteiger partial charge in [0.2, 0.25) is 0 Å². The van der Waals surface area contributed by atoms with E-state index in [0.29, 0.717) is 5.92 Å². The number of aliphatic carboxylic acids is 1. The van der Waals surface area contributed by atoms with Gasteiger partial charge in [0.25, 0.3) is 0 Å². The molecule has 10 heteroatoms. The Morgan fingerprint density at radius 2 is 1.93 bits per heavy atom. The lowest BCUT2D eigenvalue weighted by Gasteiger charge is -2.27. The van der Waals surface area contributed by atoms with Crippen molar-refractivity contribution in [2.75, 3.05) is 20.1 Å². The number of likely N-dealkylation sites (tertiary alicyclic amines) is 1. The van der Waals surface area contributed by atoms with Crippen molar-refractivity contribution in [3.05, 3.63) is 54.2 Å². The number of carboxylic acids is 1.